The van der Waals surface area contributed by atoms with Gasteiger partial charge in [-0.3, -0.25) is 4.79 Å². The number of aromatic nitrogens is 1. The van der Waals surface area contributed by atoms with E-state index in [-0.39, 0.29) is 5.91 Å². The molecule has 0 aliphatic rings. The van der Waals surface area contributed by atoms with Gasteiger partial charge in [-0.15, -0.1) is 0 Å². The summed E-state index contributed by atoms with van der Waals surface area (Å²) in [5.74, 6) is -0.197. The van der Waals surface area contributed by atoms with Crippen molar-refractivity contribution in [3.05, 3.63) is 27.5 Å². The van der Waals surface area contributed by atoms with Gasteiger partial charge in [-0.2, -0.15) is 0 Å². The maximum Gasteiger partial charge on any atom is 0.252 e. The van der Waals surface area contributed by atoms with Crippen LogP contribution in [0, 0.1) is 0 Å². The third-order valence-corrected chi connectivity index (χ3v) is 2.43. The molecule has 0 saturated heterocycles. The van der Waals surface area contributed by atoms with E-state index in [1.54, 1.807) is 13.1 Å². The van der Waals surface area contributed by atoms with Gasteiger partial charge in [0, 0.05) is 13.2 Å². The van der Waals surface area contributed by atoms with Gasteiger partial charge in [0.2, 0.25) is 0 Å². The third kappa shape index (κ3) is 1.95. The molecule has 1 aromatic heterocycles. The average Bonchev–Trinajstić information content (AvgIpc) is 2.08. The van der Waals surface area contributed by atoms with Crippen molar-refractivity contribution in [2.45, 2.75) is 0 Å². The minimum Gasteiger partial charge on any atom is -0.355 e. The molecule has 0 atom stereocenters. The van der Waals surface area contributed by atoms with Crippen molar-refractivity contribution in [2.75, 3.05) is 7.05 Å². The van der Waals surface area contributed by atoms with Crippen molar-refractivity contribution >= 4 is 33.4 Å². The van der Waals surface area contributed by atoms with Crippen LogP contribution in [0.5, 0.6) is 0 Å². The summed E-state index contributed by atoms with van der Waals surface area (Å²) in [6.07, 6.45) is 1.45. The molecule has 1 amide bonds. The molecule has 1 aromatic rings. The van der Waals surface area contributed by atoms with Gasteiger partial charge in [0.15, 0.2) is 0 Å². The minimum atomic E-state index is -0.197. The van der Waals surface area contributed by atoms with Crippen molar-refractivity contribution in [3.8, 4) is 0 Å². The Morgan fingerprint density at radius 3 is 2.92 bits per heavy atom. The van der Waals surface area contributed by atoms with Crippen LogP contribution in [0.3, 0.4) is 0 Å². The molecule has 1 N–H and O–H groups in total. The predicted octanol–water partition coefficient (Wildman–Crippen LogP) is 1.86. The first-order valence-corrected chi connectivity index (χ1v) is 4.35. The number of hydrogen-bond donors (Lipinski definition) is 1. The first kappa shape index (κ1) is 9.48. The van der Waals surface area contributed by atoms with Crippen LogP contribution in [0.1, 0.15) is 10.4 Å². The normalized spacial score (nSPS) is 9.58. The fourth-order valence-electron chi connectivity index (χ4n) is 0.690. The molecule has 1 heterocycles. The van der Waals surface area contributed by atoms with Crippen molar-refractivity contribution in [3.63, 3.8) is 0 Å². The highest BCUT2D eigenvalue weighted by Crippen LogP contribution is 2.19. The molecular formula is C7H6BrClN2O. The summed E-state index contributed by atoms with van der Waals surface area (Å²) in [6.45, 7) is 0. The second kappa shape index (κ2) is 3.87. The fourth-order valence-corrected chi connectivity index (χ4v) is 1.07. The average molecular weight is 249 g/mol. The predicted molar refractivity (Wildman–Crippen MR) is 50.3 cm³/mol. The summed E-state index contributed by atoms with van der Waals surface area (Å²) in [5, 5.41) is 2.90. The van der Waals surface area contributed by atoms with E-state index in [2.05, 4.69) is 26.2 Å². The first-order chi connectivity index (χ1) is 5.65. The van der Waals surface area contributed by atoms with E-state index in [4.69, 9.17) is 11.6 Å². The maximum atomic E-state index is 11.1. The summed E-state index contributed by atoms with van der Waals surface area (Å²) < 4.78 is 0.539. The second-order valence-electron chi connectivity index (χ2n) is 2.08. The van der Waals surface area contributed by atoms with Gasteiger partial charge in [0.05, 0.1) is 10.6 Å². The first-order valence-electron chi connectivity index (χ1n) is 3.18. The monoisotopic (exact) mass is 248 g/mol. The van der Waals surface area contributed by atoms with Crippen LogP contribution in [0.15, 0.2) is 16.9 Å². The number of carbonyl (C=O) groups excluding carboxylic acids is 1. The number of pyridine rings is 1. The molecule has 0 saturated carbocycles. The summed E-state index contributed by atoms with van der Waals surface area (Å²) in [4.78, 5) is 14.9. The molecule has 0 aliphatic carbocycles. The molecule has 0 radical (unpaired) electrons. The topological polar surface area (TPSA) is 42.0 Å². The van der Waals surface area contributed by atoms with Crippen LogP contribution in [0.2, 0.25) is 5.02 Å². The molecule has 0 aromatic carbocycles. The molecule has 12 heavy (non-hydrogen) atoms. The van der Waals surface area contributed by atoms with Crippen molar-refractivity contribution in [1.29, 1.82) is 0 Å². The quantitative estimate of drug-likeness (QED) is 0.772. The Morgan fingerprint density at radius 2 is 2.42 bits per heavy atom. The van der Waals surface area contributed by atoms with E-state index in [0.717, 1.165) is 0 Å². The van der Waals surface area contributed by atoms with Crippen molar-refractivity contribution < 1.29 is 4.79 Å². The summed E-state index contributed by atoms with van der Waals surface area (Å²) >= 11 is 8.85. The van der Waals surface area contributed by atoms with Crippen molar-refractivity contribution in [2.24, 2.45) is 0 Å². The molecule has 0 bridgehead atoms. The number of nitrogens with zero attached hydrogens (tertiary/aromatic N) is 1. The van der Waals surface area contributed by atoms with Gasteiger partial charge >= 0.3 is 0 Å². The fraction of sp³-hybridized carbons (Fsp3) is 0.143. The number of amides is 1. The summed E-state index contributed by atoms with van der Waals surface area (Å²) in [6, 6.07) is 1.55. The molecular weight excluding hydrogens is 243 g/mol. The molecule has 0 fully saturated rings. The molecule has 5 heteroatoms. The Hall–Kier alpha value is -0.610. The zero-order valence-electron chi connectivity index (χ0n) is 6.27. The number of hydrogen-bond acceptors (Lipinski definition) is 2. The summed E-state index contributed by atoms with van der Waals surface area (Å²) in [7, 11) is 1.55. The van der Waals surface area contributed by atoms with Crippen LogP contribution in [-0.4, -0.2) is 17.9 Å². The lowest BCUT2D eigenvalue weighted by atomic mass is 10.3. The van der Waals surface area contributed by atoms with E-state index in [1.807, 2.05) is 0 Å². The minimum absolute atomic E-state index is 0.197. The molecule has 0 unspecified atom stereocenters. The molecule has 3 nitrogen and oxygen atoms in total. The van der Waals surface area contributed by atoms with E-state index in [1.165, 1.54) is 6.20 Å². The van der Waals surface area contributed by atoms with Gasteiger partial charge < -0.3 is 5.32 Å². The highest BCUT2D eigenvalue weighted by molar-refractivity contribution is 9.10. The Bertz CT molecular complexity index is 316. The van der Waals surface area contributed by atoms with E-state index < -0.39 is 0 Å². The zero-order valence-corrected chi connectivity index (χ0v) is 8.61. The smallest absolute Gasteiger partial charge is 0.252 e. The number of nitrogens with one attached hydrogen (secondary N) is 1. The van der Waals surface area contributed by atoms with Gasteiger partial charge in [-0.25, -0.2) is 4.98 Å². The van der Waals surface area contributed by atoms with Crippen LogP contribution >= 0.6 is 27.5 Å². The molecule has 64 valence electrons. The van der Waals surface area contributed by atoms with Crippen LogP contribution in [0.25, 0.3) is 0 Å². The van der Waals surface area contributed by atoms with Gasteiger partial charge in [-0.1, -0.05) is 11.6 Å². The number of rotatable bonds is 1. The van der Waals surface area contributed by atoms with Gasteiger partial charge in [-0.05, 0) is 22.0 Å². The highest BCUT2D eigenvalue weighted by Gasteiger charge is 2.05. The van der Waals surface area contributed by atoms with Gasteiger partial charge in [0.1, 0.15) is 4.60 Å². The van der Waals surface area contributed by atoms with Crippen molar-refractivity contribution in [1.82, 2.24) is 10.3 Å². The lowest BCUT2D eigenvalue weighted by Crippen LogP contribution is -2.17. The second-order valence-corrected chi connectivity index (χ2v) is 3.23. The Kier molecular flexibility index (Phi) is 3.05. The number of carbonyl (C=O) groups is 1. The van der Waals surface area contributed by atoms with Crippen LogP contribution < -0.4 is 5.32 Å². The lowest BCUT2D eigenvalue weighted by molar-refractivity contribution is 0.0962. The SMILES string of the molecule is CNC(=O)c1cnc(Br)c(Cl)c1. The number of halogens is 2. The Balaban J connectivity index is 3.05. The Labute approximate surface area is 83.3 Å². The lowest BCUT2D eigenvalue weighted by Gasteiger charge is -1.99. The van der Waals surface area contributed by atoms with Crippen LogP contribution in [0.4, 0.5) is 0 Å². The van der Waals surface area contributed by atoms with E-state index >= 15 is 0 Å². The zero-order chi connectivity index (χ0) is 9.14. The van der Waals surface area contributed by atoms with E-state index in [0.29, 0.717) is 15.2 Å². The Morgan fingerprint density at radius 1 is 1.75 bits per heavy atom. The molecule has 0 spiro atoms. The highest BCUT2D eigenvalue weighted by atomic mass is 79.9. The largest absolute Gasteiger partial charge is 0.355 e. The summed E-state index contributed by atoms with van der Waals surface area (Å²) in [5.41, 5.74) is 0.450. The van der Waals surface area contributed by atoms with Crippen LogP contribution in [-0.2, 0) is 0 Å². The standard InChI is InChI=1S/C7H6BrClN2O/c1-10-7(12)4-2-5(9)6(8)11-3-4/h2-3H,1H3,(H,10,12). The molecule has 0 aliphatic heterocycles. The maximum absolute atomic E-state index is 11.1. The molecule has 1 rings (SSSR count). The third-order valence-electron chi connectivity index (χ3n) is 1.29. The van der Waals surface area contributed by atoms with E-state index in [9.17, 15) is 4.79 Å². The van der Waals surface area contributed by atoms with Gasteiger partial charge in [0.25, 0.3) is 5.91 Å².